The van der Waals surface area contributed by atoms with Crippen LogP contribution in [0.25, 0.3) is 17.0 Å². The number of carbonyl (C=O) groups is 1. The van der Waals surface area contributed by atoms with E-state index >= 15 is 0 Å². The Morgan fingerprint density at radius 1 is 1.39 bits per heavy atom. The fraction of sp³-hybridized carbons (Fsp3) is 0. The van der Waals surface area contributed by atoms with Gasteiger partial charge in [-0.3, -0.25) is 4.79 Å². The highest BCUT2D eigenvalue weighted by Gasteiger charge is 2.08. The number of hydrogen-bond donors (Lipinski definition) is 2. The van der Waals surface area contributed by atoms with E-state index in [1.165, 1.54) is 12.1 Å². The van der Waals surface area contributed by atoms with Crippen LogP contribution in [0.4, 0.5) is 0 Å². The molecule has 0 unspecified atom stereocenters. The number of carboxylic acids is 1. The third kappa shape index (κ3) is 2.13. The molecule has 0 amide bonds. The first-order chi connectivity index (χ1) is 8.61. The molecule has 5 nitrogen and oxygen atoms in total. The predicted octanol–water partition coefficient (Wildman–Crippen LogP) is 1.52. The number of carboxylic acid groups (broad SMARTS) is 1. The predicted molar refractivity (Wildman–Crippen MR) is 65.8 cm³/mol. The van der Waals surface area contributed by atoms with E-state index in [1.54, 1.807) is 30.3 Å². The highest BCUT2D eigenvalue weighted by atomic mass is 16.4. The van der Waals surface area contributed by atoms with Gasteiger partial charge in [0.1, 0.15) is 11.6 Å². The average molecular weight is 240 g/mol. The molecule has 2 N–H and O–H groups in total. The minimum atomic E-state index is -1.32. The lowest BCUT2D eigenvalue weighted by Gasteiger charge is -2.01. The molecule has 2 rings (SSSR count). The van der Waals surface area contributed by atoms with Crippen molar-refractivity contribution >= 4 is 22.9 Å². The van der Waals surface area contributed by atoms with Gasteiger partial charge in [-0.15, -0.1) is 0 Å². The standard InChI is InChI=1S/C13H8N2O3/c14-7-9(13(17)18)5-8-6-12(16)15-11-4-2-1-3-10(8)11/h1-6H,(H,15,16)(H,17,18). The molecule has 0 fully saturated rings. The van der Waals surface area contributed by atoms with Gasteiger partial charge in [-0.05, 0) is 17.7 Å². The van der Waals surface area contributed by atoms with Gasteiger partial charge < -0.3 is 10.1 Å². The van der Waals surface area contributed by atoms with Crippen molar-refractivity contribution in [2.24, 2.45) is 0 Å². The number of aromatic nitrogens is 1. The fourth-order valence-corrected chi connectivity index (χ4v) is 1.65. The molecule has 0 saturated heterocycles. The van der Waals surface area contributed by atoms with Gasteiger partial charge in [-0.1, -0.05) is 18.2 Å². The van der Waals surface area contributed by atoms with Crippen LogP contribution < -0.4 is 5.56 Å². The maximum atomic E-state index is 11.4. The maximum absolute atomic E-state index is 11.4. The van der Waals surface area contributed by atoms with E-state index in [0.29, 0.717) is 16.5 Å². The van der Waals surface area contributed by atoms with Crippen LogP contribution in [0.5, 0.6) is 0 Å². The Kier molecular flexibility index (Phi) is 2.94. The Hall–Kier alpha value is -2.87. The van der Waals surface area contributed by atoms with Gasteiger partial charge in [0.25, 0.3) is 0 Å². The molecule has 0 spiro atoms. The first-order valence-corrected chi connectivity index (χ1v) is 5.09. The largest absolute Gasteiger partial charge is 0.477 e. The lowest BCUT2D eigenvalue weighted by Crippen LogP contribution is -2.05. The average Bonchev–Trinajstić information content (AvgIpc) is 2.35. The fourth-order valence-electron chi connectivity index (χ4n) is 1.65. The van der Waals surface area contributed by atoms with Crippen molar-refractivity contribution in [1.82, 2.24) is 4.98 Å². The number of nitrogens with one attached hydrogen (secondary N) is 1. The molecule has 1 aromatic heterocycles. The molecule has 0 saturated carbocycles. The van der Waals surface area contributed by atoms with Gasteiger partial charge >= 0.3 is 5.97 Å². The summed E-state index contributed by atoms with van der Waals surface area (Å²) in [5.74, 6) is -1.32. The third-order valence-electron chi connectivity index (χ3n) is 2.43. The number of hydrogen-bond acceptors (Lipinski definition) is 3. The van der Waals surface area contributed by atoms with Crippen LogP contribution in [0.1, 0.15) is 5.56 Å². The van der Waals surface area contributed by atoms with Crippen LogP contribution in [0.3, 0.4) is 0 Å². The third-order valence-corrected chi connectivity index (χ3v) is 2.43. The second kappa shape index (κ2) is 4.55. The van der Waals surface area contributed by atoms with E-state index in [2.05, 4.69) is 4.98 Å². The van der Waals surface area contributed by atoms with E-state index in [1.807, 2.05) is 0 Å². The molecule has 88 valence electrons. The topological polar surface area (TPSA) is 94.0 Å². The molecule has 0 aliphatic heterocycles. The van der Waals surface area contributed by atoms with Crippen molar-refractivity contribution < 1.29 is 9.90 Å². The molecular weight excluding hydrogens is 232 g/mol. The number of para-hydroxylation sites is 1. The lowest BCUT2D eigenvalue weighted by atomic mass is 10.1. The number of pyridine rings is 1. The van der Waals surface area contributed by atoms with E-state index in [9.17, 15) is 9.59 Å². The Balaban J connectivity index is 2.76. The van der Waals surface area contributed by atoms with Crippen molar-refractivity contribution in [2.75, 3.05) is 0 Å². The van der Waals surface area contributed by atoms with Crippen molar-refractivity contribution in [2.45, 2.75) is 0 Å². The van der Waals surface area contributed by atoms with Crippen LogP contribution in [-0.2, 0) is 4.79 Å². The van der Waals surface area contributed by atoms with Gasteiger partial charge in [-0.25, -0.2) is 4.79 Å². The molecule has 2 aromatic rings. The maximum Gasteiger partial charge on any atom is 0.346 e. The Morgan fingerprint density at radius 3 is 2.78 bits per heavy atom. The van der Waals surface area contributed by atoms with Crippen LogP contribution in [0.15, 0.2) is 40.7 Å². The van der Waals surface area contributed by atoms with Crippen molar-refractivity contribution in [3.63, 3.8) is 0 Å². The monoisotopic (exact) mass is 240 g/mol. The first kappa shape index (κ1) is 11.6. The Labute approximate surface area is 102 Å². The zero-order valence-electron chi connectivity index (χ0n) is 9.18. The number of nitriles is 1. The summed E-state index contributed by atoms with van der Waals surface area (Å²) in [5.41, 5.74) is 0.251. The number of aromatic amines is 1. The lowest BCUT2D eigenvalue weighted by molar-refractivity contribution is -0.132. The van der Waals surface area contributed by atoms with E-state index in [-0.39, 0.29) is 5.56 Å². The van der Waals surface area contributed by atoms with Gasteiger partial charge in [0.15, 0.2) is 0 Å². The van der Waals surface area contributed by atoms with Crippen LogP contribution in [-0.4, -0.2) is 16.1 Å². The SMILES string of the molecule is N#CC(=Cc1cc(=O)[nH]c2ccccc12)C(=O)O. The van der Waals surface area contributed by atoms with E-state index in [0.717, 1.165) is 0 Å². The molecule has 1 heterocycles. The number of benzene rings is 1. The summed E-state index contributed by atoms with van der Waals surface area (Å²) in [5, 5.41) is 18.2. The molecule has 1 aromatic carbocycles. The number of aliphatic carboxylic acids is 1. The van der Waals surface area contributed by atoms with Crippen molar-refractivity contribution in [3.05, 3.63) is 51.8 Å². The molecule has 18 heavy (non-hydrogen) atoms. The molecule has 5 heteroatoms. The molecule has 0 aliphatic carbocycles. The van der Waals surface area contributed by atoms with Gasteiger partial charge in [-0.2, -0.15) is 5.26 Å². The van der Waals surface area contributed by atoms with E-state index < -0.39 is 11.5 Å². The smallest absolute Gasteiger partial charge is 0.346 e. The zero-order valence-corrected chi connectivity index (χ0v) is 9.18. The highest BCUT2D eigenvalue weighted by Crippen LogP contribution is 2.17. The highest BCUT2D eigenvalue weighted by molar-refractivity contribution is 5.99. The van der Waals surface area contributed by atoms with Gasteiger partial charge in [0.2, 0.25) is 5.56 Å². The summed E-state index contributed by atoms with van der Waals surface area (Å²) in [6, 6.07) is 9.83. The number of H-pyrrole nitrogens is 1. The molecule has 0 atom stereocenters. The molecular formula is C13H8N2O3. The molecule has 0 bridgehead atoms. The number of fused-ring (bicyclic) bond motifs is 1. The summed E-state index contributed by atoms with van der Waals surface area (Å²) < 4.78 is 0. The van der Waals surface area contributed by atoms with Gasteiger partial charge in [0.05, 0.1) is 0 Å². The second-order valence-electron chi connectivity index (χ2n) is 3.61. The second-order valence-corrected chi connectivity index (χ2v) is 3.61. The van der Waals surface area contributed by atoms with Crippen LogP contribution >= 0.6 is 0 Å². The zero-order chi connectivity index (χ0) is 13.1. The number of rotatable bonds is 2. The Bertz CT molecular complexity index is 751. The first-order valence-electron chi connectivity index (χ1n) is 5.09. The van der Waals surface area contributed by atoms with Crippen molar-refractivity contribution in [3.8, 4) is 6.07 Å². The van der Waals surface area contributed by atoms with Crippen LogP contribution in [0.2, 0.25) is 0 Å². The summed E-state index contributed by atoms with van der Waals surface area (Å²) >= 11 is 0. The molecule has 0 radical (unpaired) electrons. The minimum absolute atomic E-state index is 0.345. The summed E-state index contributed by atoms with van der Waals surface area (Å²) in [7, 11) is 0. The minimum Gasteiger partial charge on any atom is -0.477 e. The number of nitrogens with zero attached hydrogens (tertiary/aromatic N) is 1. The van der Waals surface area contributed by atoms with Gasteiger partial charge in [0, 0.05) is 17.0 Å². The summed E-state index contributed by atoms with van der Waals surface area (Å²) in [4.78, 5) is 24.8. The molecule has 0 aliphatic rings. The summed E-state index contributed by atoms with van der Waals surface area (Å²) in [6.07, 6.45) is 1.19. The quantitative estimate of drug-likeness (QED) is 0.614. The van der Waals surface area contributed by atoms with Crippen molar-refractivity contribution in [1.29, 1.82) is 5.26 Å². The summed E-state index contributed by atoms with van der Waals surface area (Å²) in [6.45, 7) is 0. The van der Waals surface area contributed by atoms with Crippen LogP contribution in [0, 0.1) is 11.3 Å². The Morgan fingerprint density at radius 2 is 2.11 bits per heavy atom. The van der Waals surface area contributed by atoms with E-state index in [4.69, 9.17) is 10.4 Å². The normalized spacial score (nSPS) is 11.2.